The van der Waals surface area contributed by atoms with Gasteiger partial charge in [-0.05, 0) is 32.1 Å². The van der Waals surface area contributed by atoms with E-state index in [9.17, 15) is 61.0 Å². The molecule has 0 aromatic heterocycles. The molecule has 3 aliphatic rings. The zero-order valence-electron chi connectivity index (χ0n) is 66.7. The Morgan fingerprint density at radius 3 is 0.952 bits per heavy atom. The van der Waals surface area contributed by atoms with Gasteiger partial charge in [-0.15, -0.1) is 0 Å². The minimum absolute atomic E-state index is 0.241. The Balaban J connectivity index is 1.32. The maximum Gasteiger partial charge on any atom is 0.220 e. The highest BCUT2D eigenvalue weighted by Gasteiger charge is 2.54. The highest BCUT2D eigenvalue weighted by atomic mass is 16.8. The van der Waals surface area contributed by atoms with Crippen molar-refractivity contribution in [3.8, 4) is 0 Å². The van der Waals surface area contributed by atoms with Gasteiger partial charge in [-0.1, -0.05) is 372 Å². The number of hydrogen-bond donors (Lipinski definition) is 12. The highest BCUT2D eigenvalue weighted by Crippen LogP contribution is 2.34. The summed E-state index contributed by atoms with van der Waals surface area (Å²) in [4.78, 5) is 13.5. The third kappa shape index (κ3) is 46.1. The Kier molecular flexibility index (Phi) is 62.0. The van der Waals surface area contributed by atoms with Gasteiger partial charge in [-0.3, -0.25) is 4.79 Å². The predicted molar refractivity (Wildman–Crippen MR) is 420 cm³/mol. The lowest BCUT2D eigenvalue weighted by Gasteiger charge is -2.48. The van der Waals surface area contributed by atoms with Crippen molar-refractivity contribution >= 4 is 5.91 Å². The molecule has 3 aliphatic heterocycles. The smallest absolute Gasteiger partial charge is 0.220 e. The Labute approximate surface area is 638 Å². The minimum atomic E-state index is -1.98. The standard InChI is InChI=1S/C86H163NO18/c1-3-5-7-9-11-13-15-17-19-21-23-25-27-29-30-31-32-33-34-35-36-37-38-39-40-42-44-46-48-50-52-54-56-58-60-62-64-74(92)87-69(70(91)63-61-59-57-55-53-51-49-47-45-43-41-28-26-24-22-20-18-16-14-12-10-8-6-4-2)68-100-84-80(98)77(95)82(72(66-89)102-84)105-86-81(99)78(96)83(73(67-90)103-86)104-85-79(97)76(94)75(93)71(65-88)101-85/h53,55,61,63,69-73,75-86,88-91,93-99H,3-52,54,56-60,62,64-68H2,1-2H3,(H,87,92)/b55-53+,63-61+. The van der Waals surface area contributed by atoms with E-state index in [0.29, 0.717) is 12.8 Å². The molecule has 0 radical (unpaired) electrons. The second-order valence-corrected chi connectivity index (χ2v) is 31.7. The first kappa shape index (κ1) is 97.5. The van der Waals surface area contributed by atoms with Gasteiger partial charge in [0.25, 0.3) is 0 Å². The van der Waals surface area contributed by atoms with Crippen molar-refractivity contribution in [2.24, 2.45) is 0 Å². The van der Waals surface area contributed by atoms with Crippen LogP contribution in [-0.4, -0.2) is 193 Å². The first-order chi connectivity index (χ1) is 51.3. The second kappa shape index (κ2) is 66.8. The van der Waals surface area contributed by atoms with Crippen LogP contribution in [0.1, 0.15) is 386 Å². The number of nitrogens with one attached hydrogen (secondary N) is 1. The van der Waals surface area contributed by atoms with Crippen LogP contribution in [0.5, 0.6) is 0 Å². The molecule has 3 saturated heterocycles. The lowest BCUT2D eigenvalue weighted by molar-refractivity contribution is -0.379. The molecule has 0 bridgehead atoms. The number of carbonyl (C=O) groups is 1. The summed E-state index contributed by atoms with van der Waals surface area (Å²) >= 11 is 0. The van der Waals surface area contributed by atoms with Gasteiger partial charge in [-0.25, -0.2) is 0 Å². The first-order valence-corrected chi connectivity index (χ1v) is 44.1. The van der Waals surface area contributed by atoms with E-state index in [1.165, 1.54) is 315 Å². The number of unbranched alkanes of at least 4 members (excludes halogenated alkanes) is 54. The van der Waals surface area contributed by atoms with Crippen LogP contribution >= 0.6 is 0 Å². The number of aliphatic hydroxyl groups is 11. The van der Waals surface area contributed by atoms with Gasteiger partial charge in [0.05, 0.1) is 38.6 Å². The molecule has 0 aliphatic carbocycles. The molecule has 3 rings (SSSR count). The molecule has 620 valence electrons. The molecule has 105 heavy (non-hydrogen) atoms. The van der Waals surface area contributed by atoms with E-state index in [1.54, 1.807) is 6.08 Å². The number of allylic oxidation sites excluding steroid dienone is 3. The fourth-order valence-electron chi connectivity index (χ4n) is 15.2. The summed E-state index contributed by atoms with van der Waals surface area (Å²) in [5.74, 6) is -0.276. The maximum atomic E-state index is 13.5. The average Bonchev–Trinajstić information content (AvgIpc) is 0.782. The maximum absolute atomic E-state index is 13.5. The molecule has 19 nitrogen and oxygen atoms in total. The lowest BCUT2D eigenvalue weighted by Crippen LogP contribution is -2.66. The number of amides is 1. The number of aliphatic hydroxyl groups excluding tert-OH is 11. The summed E-state index contributed by atoms with van der Waals surface area (Å²) in [5, 5.41) is 121. The number of ether oxygens (including phenoxy) is 6. The average molecular weight is 1500 g/mol. The fraction of sp³-hybridized carbons (Fsp3) is 0.942. The monoisotopic (exact) mass is 1500 g/mol. The molecule has 12 N–H and O–H groups in total. The third-order valence-electron chi connectivity index (χ3n) is 22.3. The summed E-state index contributed by atoms with van der Waals surface area (Å²) in [7, 11) is 0. The summed E-state index contributed by atoms with van der Waals surface area (Å²) in [6.07, 6.45) is 56.3. The summed E-state index contributed by atoms with van der Waals surface area (Å²) in [6, 6.07) is -0.989. The molecule has 0 aromatic carbocycles. The molecule has 3 fully saturated rings. The Morgan fingerprint density at radius 2 is 0.610 bits per heavy atom. The van der Waals surface area contributed by atoms with Crippen molar-refractivity contribution < 1.29 is 89.4 Å². The van der Waals surface area contributed by atoms with Crippen LogP contribution in [0, 0.1) is 0 Å². The van der Waals surface area contributed by atoms with Gasteiger partial charge in [0.2, 0.25) is 5.91 Å². The van der Waals surface area contributed by atoms with Gasteiger partial charge < -0.3 is 89.9 Å². The molecule has 1 amide bonds. The molecule has 3 heterocycles. The summed E-state index contributed by atoms with van der Waals surface area (Å²) in [5.41, 5.74) is 0. The predicted octanol–water partition coefficient (Wildman–Crippen LogP) is 16.1. The van der Waals surface area contributed by atoms with E-state index in [-0.39, 0.29) is 18.9 Å². The molecular weight excluding hydrogens is 1330 g/mol. The van der Waals surface area contributed by atoms with Crippen LogP contribution in [0.2, 0.25) is 0 Å². The molecule has 0 aromatic rings. The van der Waals surface area contributed by atoms with E-state index < -0.39 is 124 Å². The van der Waals surface area contributed by atoms with Crippen molar-refractivity contribution in [2.45, 2.75) is 491 Å². The van der Waals surface area contributed by atoms with Crippen molar-refractivity contribution in [2.75, 3.05) is 26.4 Å². The molecule has 19 heteroatoms. The SMILES string of the molecule is CCCCCCCCCCCCCCCCCCCC/C=C/CC/C=C/C(O)C(COC1OC(CO)C(OC2OC(CO)C(OC3OC(CO)C(O)C(O)C3O)C(O)C2O)C(O)C1O)NC(=O)CCCCCCCCCCCCCCCCCCCCCCCCCCCCCCCCCCCCCC. The van der Waals surface area contributed by atoms with Gasteiger partial charge >= 0.3 is 0 Å². The Morgan fingerprint density at radius 1 is 0.333 bits per heavy atom. The van der Waals surface area contributed by atoms with Crippen LogP contribution in [-0.2, 0) is 33.2 Å². The lowest BCUT2D eigenvalue weighted by atomic mass is 9.96. The van der Waals surface area contributed by atoms with E-state index in [2.05, 4.69) is 31.3 Å². The Hall–Kier alpha value is -1.73. The molecule has 17 unspecified atom stereocenters. The minimum Gasteiger partial charge on any atom is -0.394 e. The first-order valence-electron chi connectivity index (χ1n) is 44.1. The van der Waals surface area contributed by atoms with Gasteiger partial charge in [-0.2, -0.15) is 0 Å². The summed E-state index contributed by atoms with van der Waals surface area (Å²) < 4.78 is 34.5. The number of hydrogen-bond acceptors (Lipinski definition) is 18. The van der Waals surface area contributed by atoms with Crippen LogP contribution < -0.4 is 5.32 Å². The van der Waals surface area contributed by atoms with Gasteiger partial charge in [0, 0.05) is 6.42 Å². The van der Waals surface area contributed by atoms with Crippen molar-refractivity contribution in [3.05, 3.63) is 24.3 Å². The Bertz CT molecular complexity index is 1990. The fourth-order valence-corrected chi connectivity index (χ4v) is 15.2. The summed E-state index contributed by atoms with van der Waals surface area (Å²) in [6.45, 7) is 1.79. The number of rotatable bonds is 72. The molecule has 0 saturated carbocycles. The zero-order chi connectivity index (χ0) is 76.0. The van der Waals surface area contributed by atoms with E-state index in [1.807, 2.05) is 6.08 Å². The largest absolute Gasteiger partial charge is 0.394 e. The van der Waals surface area contributed by atoms with Crippen LogP contribution in [0.4, 0.5) is 0 Å². The van der Waals surface area contributed by atoms with E-state index in [4.69, 9.17) is 28.4 Å². The molecule has 17 atom stereocenters. The van der Waals surface area contributed by atoms with Crippen LogP contribution in [0.15, 0.2) is 24.3 Å². The van der Waals surface area contributed by atoms with Crippen molar-refractivity contribution in [1.29, 1.82) is 0 Å². The van der Waals surface area contributed by atoms with Crippen LogP contribution in [0.3, 0.4) is 0 Å². The van der Waals surface area contributed by atoms with Crippen molar-refractivity contribution in [3.63, 3.8) is 0 Å². The van der Waals surface area contributed by atoms with Crippen LogP contribution in [0.25, 0.3) is 0 Å². The quantitative estimate of drug-likeness (QED) is 0.0199. The third-order valence-corrected chi connectivity index (χ3v) is 22.3. The van der Waals surface area contributed by atoms with Gasteiger partial charge in [0.15, 0.2) is 18.9 Å². The topological polar surface area (TPSA) is 307 Å². The molecular formula is C86H163NO18. The molecule has 0 spiro atoms. The normalized spacial score (nSPS) is 25.8. The van der Waals surface area contributed by atoms with E-state index >= 15 is 0 Å². The van der Waals surface area contributed by atoms with E-state index in [0.717, 1.165) is 38.5 Å². The second-order valence-electron chi connectivity index (χ2n) is 31.7. The zero-order valence-corrected chi connectivity index (χ0v) is 66.7. The number of carbonyl (C=O) groups excluding carboxylic acids is 1. The highest BCUT2D eigenvalue weighted by molar-refractivity contribution is 5.76. The van der Waals surface area contributed by atoms with Crippen molar-refractivity contribution in [1.82, 2.24) is 5.32 Å². The van der Waals surface area contributed by atoms with Gasteiger partial charge in [0.1, 0.15) is 73.2 Å².